The molecule has 1 atom stereocenters. The zero-order valence-electron chi connectivity index (χ0n) is 13.1. The van der Waals surface area contributed by atoms with Gasteiger partial charge in [0.1, 0.15) is 12.3 Å². The van der Waals surface area contributed by atoms with Crippen molar-refractivity contribution >= 4 is 5.90 Å². The molecule has 1 aromatic heterocycles. The van der Waals surface area contributed by atoms with Gasteiger partial charge >= 0.3 is 0 Å². The molecule has 4 rings (SSSR count). The standard InChI is InChI=1S/C18H21N3O/c1-18(2)11-22-17(20-18)16-10-19-12-21(16)15-9-5-7-13-6-3-4-8-14(13)15/h3-4,6,8,10,12,15H,5,7,9,11H2,1-2H3. The molecule has 0 radical (unpaired) electrons. The highest BCUT2D eigenvalue weighted by Gasteiger charge is 2.31. The van der Waals surface area contributed by atoms with Crippen LogP contribution in [0.15, 0.2) is 41.8 Å². The van der Waals surface area contributed by atoms with Gasteiger partial charge in [0.2, 0.25) is 5.90 Å². The molecular formula is C18H21N3O. The maximum Gasteiger partial charge on any atom is 0.235 e. The van der Waals surface area contributed by atoms with Crippen LogP contribution in [0.2, 0.25) is 0 Å². The Kier molecular flexibility index (Phi) is 3.06. The molecule has 2 aromatic rings. The molecule has 2 heterocycles. The summed E-state index contributed by atoms with van der Waals surface area (Å²) in [6, 6.07) is 9.07. The summed E-state index contributed by atoms with van der Waals surface area (Å²) in [6.45, 7) is 4.82. The number of imidazole rings is 1. The molecule has 1 unspecified atom stereocenters. The third-order valence-electron chi connectivity index (χ3n) is 4.53. The normalized spacial score (nSPS) is 22.8. The number of aliphatic imine (C=N–C) groups is 1. The Morgan fingerprint density at radius 1 is 1.27 bits per heavy atom. The molecule has 114 valence electrons. The van der Waals surface area contributed by atoms with E-state index in [1.165, 1.54) is 24.0 Å². The summed E-state index contributed by atoms with van der Waals surface area (Å²) < 4.78 is 8.06. The van der Waals surface area contributed by atoms with E-state index in [2.05, 4.69) is 47.7 Å². The van der Waals surface area contributed by atoms with E-state index in [-0.39, 0.29) is 5.54 Å². The van der Waals surface area contributed by atoms with Crippen LogP contribution < -0.4 is 0 Å². The van der Waals surface area contributed by atoms with Crippen molar-refractivity contribution in [2.45, 2.75) is 44.7 Å². The average Bonchev–Trinajstić information content (AvgIpc) is 3.12. The summed E-state index contributed by atoms with van der Waals surface area (Å²) in [5, 5.41) is 0. The topological polar surface area (TPSA) is 39.4 Å². The molecule has 4 heteroatoms. The van der Waals surface area contributed by atoms with E-state index in [1.807, 2.05) is 12.5 Å². The van der Waals surface area contributed by atoms with E-state index in [1.54, 1.807) is 0 Å². The third kappa shape index (κ3) is 2.23. The second-order valence-electron chi connectivity index (χ2n) is 6.81. The van der Waals surface area contributed by atoms with Crippen LogP contribution in [0, 0.1) is 0 Å². The van der Waals surface area contributed by atoms with Crippen molar-refractivity contribution < 1.29 is 4.74 Å². The molecule has 0 fully saturated rings. The van der Waals surface area contributed by atoms with E-state index in [9.17, 15) is 0 Å². The Bertz CT molecular complexity index is 729. The van der Waals surface area contributed by atoms with Gasteiger partial charge in [-0.15, -0.1) is 0 Å². The average molecular weight is 295 g/mol. The molecule has 1 aliphatic carbocycles. The number of ether oxygens (including phenoxy) is 1. The predicted octanol–water partition coefficient (Wildman–Crippen LogP) is 3.36. The van der Waals surface area contributed by atoms with E-state index >= 15 is 0 Å². The van der Waals surface area contributed by atoms with Crippen LogP contribution in [0.3, 0.4) is 0 Å². The van der Waals surface area contributed by atoms with Gasteiger partial charge in [-0.2, -0.15) is 0 Å². The molecule has 22 heavy (non-hydrogen) atoms. The van der Waals surface area contributed by atoms with Gasteiger partial charge in [-0.3, -0.25) is 0 Å². The highest BCUT2D eigenvalue weighted by molar-refractivity contribution is 5.93. The van der Waals surface area contributed by atoms with Gasteiger partial charge in [0.25, 0.3) is 0 Å². The van der Waals surface area contributed by atoms with E-state index < -0.39 is 0 Å². The first-order valence-corrected chi connectivity index (χ1v) is 7.97. The summed E-state index contributed by atoms with van der Waals surface area (Å²) in [7, 11) is 0. The second kappa shape index (κ2) is 4.97. The first-order valence-electron chi connectivity index (χ1n) is 7.97. The van der Waals surface area contributed by atoms with Gasteiger partial charge < -0.3 is 9.30 Å². The third-order valence-corrected chi connectivity index (χ3v) is 4.53. The predicted molar refractivity (Wildman–Crippen MR) is 86.3 cm³/mol. The van der Waals surface area contributed by atoms with Crippen molar-refractivity contribution in [1.29, 1.82) is 0 Å². The monoisotopic (exact) mass is 295 g/mol. The van der Waals surface area contributed by atoms with Gasteiger partial charge in [-0.25, -0.2) is 9.98 Å². The Hall–Kier alpha value is -2.10. The molecule has 0 saturated carbocycles. The maximum atomic E-state index is 5.82. The fourth-order valence-electron chi connectivity index (χ4n) is 3.45. The number of aromatic nitrogens is 2. The van der Waals surface area contributed by atoms with Gasteiger partial charge in [0, 0.05) is 0 Å². The first kappa shape index (κ1) is 13.6. The van der Waals surface area contributed by atoms with E-state index in [4.69, 9.17) is 9.73 Å². The highest BCUT2D eigenvalue weighted by Crippen LogP contribution is 2.34. The van der Waals surface area contributed by atoms with E-state index in [0.717, 1.165) is 18.0 Å². The number of nitrogens with zero attached hydrogens (tertiary/aromatic N) is 3. The Morgan fingerprint density at radius 2 is 2.14 bits per heavy atom. The quantitative estimate of drug-likeness (QED) is 0.852. The second-order valence-corrected chi connectivity index (χ2v) is 6.81. The van der Waals surface area contributed by atoms with Crippen LogP contribution >= 0.6 is 0 Å². The Balaban J connectivity index is 1.76. The molecule has 0 bridgehead atoms. The van der Waals surface area contributed by atoms with Crippen molar-refractivity contribution in [3.05, 3.63) is 53.6 Å². The Labute approximate surface area is 130 Å². The minimum Gasteiger partial charge on any atom is -0.474 e. The molecule has 4 nitrogen and oxygen atoms in total. The van der Waals surface area contributed by atoms with Crippen molar-refractivity contribution in [2.75, 3.05) is 6.61 Å². The van der Waals surface area contributed by atoms with Crippen molar-refractivity contribution in [3.63, 3.8) is 0 Å². The molecule has 2 aliphatic rings. The summed E-state index contributed by atoms with van der Waals surface area (Å²) >= 11 is 0. The summed E-state index contributed by atoms with van der Waals surface area (Å²) in [6.07, 6.45) is 7.30. The SMILES string of the molecule is CC1(C)COC(c2cncn2C2CCCc3ccccc32)=N1. The number of benzene rings is 1. The van der Waals surface area contributed by atoms with E-state index in [0.29, 0.717) is 12.6 Å². The van der Waals surface area contributed by atoms with Crippen LogP contribution in [0.4, 0.5) is 0 Å². The lowest BCUT2D eigenvalue weighted by Gasteiger charge is -2.27. The molecular weight excluding hydrogens is 274 g/mol. The number of fused-ring (bicyclic) bond motifs is 1. The number of hydrogen-bond acceptors (Lipinski definition) is 3. The summed E-state index contributed by atoms with van der Waals surface area (Å²) in [5.74, 6) is 0.727. The lowest BCUT2D eigenvalue weighted by Crippen LogP contribution is -2.20. The van der Waals surface area contributed by atoms with Crippen LogP contribution in [-0.2, 0) is 11.2 Å². The number of rotatable bonds is 2. The largest absolute Gasteiger partial charge is 0.474 e. The molecule has 1 aromatic carbocycles. The molecule has 0 spiro atoms. The van der Waals surface area contributed by atoms with Gasteiger partial charge in [-0.1, -0.05) is 24.3 Å². The van der Waals surface area contributed by atoms with Gasteiger partial charge in [0.15, 0.2) is 0 Å². The smallest absolute Gasteiger partial charge is 0.235 e. The van der Waals surface area contributed by atoms with Crippen LogP contribution in [0.25, 0.3) is 0 Å². The van der Waals surface area contributed by atoms with Gasteiger partial charge in [-0.05, 0) is 44.2 Å². The minimum atomic E-state index is -0.144. The van der Waals surface area contributed by atoms with Gasteiger partial charge in [0.05, 0.1) is 24.1 Å². The van der Waals surface area contributed by atoms with Crippen molar-refractivity contribution in [2.24, 2.45) is 4.99 Å². The lowest BCUT2D eigenvalue weighted by atomic mass is 9.87. The molecule has 0 N–H and O–H groups in total. The summed E-state index contributed by atoms with van der Waals surface area (Å²) in [5.41, 5.74) is 3.71. The lowest BCUT2D eigenvalue weighted by molar-refractivity contribution is 0.278. The summed E-state index contributed by atoms with van der Waals surface area (Å²) in [4.78, 5) is 9.07. The fourth-order valence-corrected chi connectivity index (χ4v) is 3.45. The highest BCUT2D eigenvalue weighted by atomic mass is 16.5. The van der Waals surface area contributed by atoms with Crippen LogP contribution in [-0.4, -0.2) is 27.6 Å². The van der Waals surface area contributed by atoms with Crippen molar-refractivity contribution in [1.82, 2.24) is 9.55 Å². The maximum absolute atomic E-state index is 5.82. The number of aryl methyl sites for hydroxylation is 1. The zero-order valence-corrected chi connectivity index (χ0v) is 13.1. The van der Waals surface area contributed by atoms with Crippen LogP contribution in [0.1, 0.15) is 49.6 Å². The fraction of sp³-hybridized carbons (Fsp3) is 0.444. The number of hydrogen-bond donors (Lipinski definition) is 0. The Morgan fingerprint density at radius 3 is 2.95 bits per heavy atom. The minimum absolute atomic E-state index is 0.144. The molecule has 0 saturated heterocycles. The zero-order chi connectivity index (χ0) is 15.2. The van der Waals surface area contributed by atoms with Crippen LogP contribution in [0.5, 0.6) is 0 Å². The molecule has 1 aliphatic heterocycles. The van der Waals surface area contributed by atoms with Crippen molar-refractivity contribution in [3.8, 4) is 0 Å². The first-order chi connectivity index (χ1) is 10.6. The molecule has 0 amide bonds.